The summed E-state index contributed by atoms with van der Waals surface area (Å²) in [5.41, 5.74) is 0.845. The molecule has 3 fully saturated rings. The van der Waals surface area contributed by atoms with Crippen molar-refractivity contribution < 1.29 is 9.59 Å². The quantitative estimate of drug-likeness (QED) is 0.728. The topological polar surface area (TPSA) is 61.4 Å². The van der Waals surface area contributed by atoms with E-state index in [0.29, 0.717) is 25.0 Å². The molecule has 0 aliphatic carbocycles. The van der Waals surface area contributed by atoms with Crippen LogP contribution in [0.25, 0.3) is 0 Å². The van der Waals surface area contributed by atoms with Crippen LogP contribution in [0, 0.1) is 5.92 Å². The van der Waals surface area contributed by atoms with Crippen molar-refractivity contribution in [2.24, 2.45) is 5.92 Å². The number of carbonyl (C=O) groups is 2. The standard InChI is InChI=1S/C18H22BrN3O2.ClH/c19-15-3-1-2-4-16(15)22-8-7-14(18(22)24)17(23)21-13-9-11-5-6-12(10-13)20-11;/h1-4,11-14,20H,5-10H2,(H,21,23);1H. The van der Waals surface area contributed by atoms with E-state index < -0.39 is 5.92 Å². The molecule has 7 heteroatoms. The van der Waals surface area contributed by atoms with E-state index >= 15 is 0 Å². The normalized spacial score (nSPS) is 30.9. The second-order valence-corrected chi connectivity index (χ2v) is 7.95. The molecule has 2 bridgehead atoms. The highest BCUT2D eigenvalue weighted by atomic mass is 79.9. The summed E-state index contributed by atoms with van der Waals surface area (Å²) in [5.74, 6) is -0.734. The van der Waals surface area contributed by atoms with E-state index in [-0.39, 0.29) is 30.3 Å². The van der Waals surface area contributed by atoms with Crippen LogP contribution in [-0.2, 0) is 9.59 Å². The summed E-state index contributed by atoms with van der Waals surface area (Å²) in [5, 5.41) is 6.72. The molecule has 3 atom stereocenters. The van der Waals surface area contributed by atoms with Crippen LogP contribution < -0.4 is 15.5 Å². The second kappa shape index (κ2) is 7.64. The number of halogens is 2. The number of anilines is 1. The maximum absolute atomic E-state index is 12.7. The van der Waals surface area contributed by atoms with Crippen LogP contribution in [0.2, 0.25) is 0 Å². The van der Waals surface area contributed by atoms with Gasteiger partial charge in [-0.25, -0.2) is 0 Å². The number of benzene rings is 1. The maximum atomic E-state index is 12.7. The average molecular weight is 429 g/mol. The highest BCUT2D eigenvalue weighted by Crippen LogP contribution is 2.32. The number of hydrogen-bond acceptors (Lipinski definition) is 3. The molecule has 3 heterocycles. The van der Waals surface area contributed by atoms with Gasteiger partial charge in [-0.3, -0.25) is 9.59 Å². The van der Waals surface area contributed by atoms with E-state index in [1.165, 1.54) is 12.8 Å². The van der Waals surface area contributed by atoms with Crippen molar-refractivity contribution in [3.05, 3.63) is 28.7 Å². The van der Waals surface area contributed by atoms with E-state index in [1.807, 2.05) is 24.3 Å². The monoisotopic (exact) mass is 427 g/mol. The Morgan fingerprint density at radius 2 is 1.84 bits per heavy atom. The molecule has 0 saturated carbocycles. The molecule has 25 heavy (non-hydrogen) atoms. The first-order valence-electron chi connectivity index (χ1n) is 8.74. The Hall–Kier alpha value is -1.11. The molecular weight excluding hydrogens is 406 g/mol. The minimum absolute atomic E-state index is 0. The van der Waals surface area contributed by atoms with Gasteiger partial charge in [-0.05, 0) is 60.2 Å². The molecule has 0 spiro atoms. The zero-order valence-electron chi connectivity index (χ0n) is 13.9. The number of piperidine rings is 1. The molecule has 0 radical (unpaired) electrons. The molecular formula is C18H23BrClN3O2. The number of fused-ring (bicyclic) bond motifs is 2. The van der Waals surface area contributed by atoms with Gasteiger partial charge in [0.15, 0.2) is 0 Å². The van der Waals surface area contributed by atoms with Crippen molar-refractivity contribution in [1.29, 1.82) is 0 Å². The highest BCUT2D eigenvalue weighted by molar-refractivity contribution is 9.10. The van der Waals surface area contributed by atoms with Gasteiger partial charge in [0.05, 0.1) is 5.69 Å². The van der Waals surface area contributed by atoms with Gasteiger partial charge in [0.25, 0.3) is 0 Å². The molecule has 3 saturated heterocycles. The van der Waals surface area contributed by atoms with Gasteiger partial charge in [0.1, 0.15) is 5.92 Å². The molecule has 3 aliphatic rings. The Bertz CT molecular complexity index is 659. The lowest BCUT2D eigenvalue weighted by molar-refractivity contribution is -0.132. The van der Waals surface area contributed by atoms with Gasteiger partial charge in [-0.1, -0.05) is 12.1 Å². The predicted octanol–water partition coefficient (Wildman–Crippen LogP) is 2.62. The molecule has 3 aliphatic heterocycles. The lowest BCUT2D eigenvalue weighted by Crippen LogP contribution is -2.50. The minimum Gasteiger partial charge on any atom is -0.353 e. The number of amides is 2. The predicted molar refractivity (Wildman–Crippen MR) is 103 cm³/mol. The fraction of sp³-hybridized carbons (Fsp3) is 0.556. The first-order valence-corrected chi connectivity index (χ1v) is 9.53. The van der Waals surface area contributed by atoms with Crippen molar-refractivity contribution in [2.75, 3.05) is 11.4 Å². The Balaban J connectivity index is 0.00000182. The summed E-state index contributed by atoms with van der Waals surface area (Å²) in [4.78, 5) is 27.1. The largest absolute Gasteiger partial charge is 0.353 e. The van der Waals surface area contributed by atoms with E-state index in [4.69, 9.17) is 0 Å². The van der Waals surface area contributed by atoms with Crippen molar-refractivity contribution in [3.8, 4) is 0 Å². The maximum Gasteiger partial charge on any atom is 0.239 e. The molecule has 5 nitrogen and oxygen atoms in total. The van der Waals surface area contributed by atoms with Gasteiger partial charge in [-0.2, -0.15) is 0 Å². The van der Waals surface area contributed by atoms with Crippen molar-refractivity contribution in [2.45, 2.75) is 50.2 Å². The molecule has 3 unspecified atom stereocenters. The molecule has 2 N–H and O–H groups in total. The minimum atomic E-state index is -0.551. The summed E-state index contributed by atoms with van der Waals surface area (Å²) >= 11 is 3.49. The summed E-state index contributed by atoms with van der Waals surface area (Å²) in [6.07, 6.45) is 4.96. The molecule has 4 rings (SSSR count). The zero-order valence-corrected chi connectivity index (χ0v) is 16.3. The van der Waals surface area contributed by atoms with Crippen LogP contribution in [-0.4, -0.2) is 36.5 Å². The van der Waals surface area contributed by atoms with Crippen LogP contribution in [0.4, 0.5) is 5.69 Å². The van der Waals surface area contributed by atoms with Crippen LogP contribution in [0.15, 0.2) is 28.7 Å². The summed E-state index contributed by atoms with van der Waals surface area (Å²) in [6, 6.07) is 8.93. The summed E-state index contributed by atoms with van der Waals surface area (Å²) in [7, 11) is 0. The Kier molecular flexibility index (Phi) is 5.71. The van der Waals surface area contributed by atoms with Gasteiger partial charge in [0.2, 0.25) is 11.8 Å². The van der Waals surface area contributed by atoms with E-state index in [0.717, 1.165) is 23.0 Å². The number of carbonyl (C=O) groups excluding carboxylic acids is 2. The van der Waals surface area contributed by atoms with E-state index in [9.17, 15) is 9.59 Å². The van der Waals surface area contributed by atoms with Crippen LogP contribution in [0.3, 0.4) is 0 Å². The van der Waals surface area contributed by atoms with E-state index in [2.05, 4.69) is 26.6 Å². The van der Waals surface area contributed by atoms with Crippen LogP contribution in [0.5, 0.6) is 0 Å². The number of para-hydroxylation sites is 1. The molecule has 2 amide bonds. The SMILES string of the molecule is Cl.O=C(NC1CC2CCC(C1)N2)C1CCN(c2ccccc2Br)C1=O. The molecule has 1 aromatic rings. The lowest BCUT2D eigenvalue weighted by atomic mass is 9.98. The summed E-state index contributed by atoms with van der Waals surface area (Å²) < 4.78 is 0.884. The third-order valence-electron chi connectivity index (χ3n) is 5.48. The third-order valence-corrected chi connectivity index (χ3v) is 6.16. The van der Waals surface area contributed by atoms with Gasteiger partial charge in [0, 0.05) is 29.1 Å². The molecule has 1 aromatic carbocycles. The van der Waals surface area contributed by atoms with Crippen molar-refractivity contribution in [3.63, 3.8) is 0 Å². The third kappa shape index (κ3) is 3.71. The number of nitrogens with one attached hydrogen (secondary N) is 2. The van der Waals surface area contributed by atoms with E-state index in [1.54, 1.807) is 4.90 Å². The van der Waals surface area contributed by atoms with Gasteiger partial charge in [-0.15, -0.1) is 12.4 Å². The average Bonchev–Trinajstić information content (AvgIpc) is 3.10. The number of rotatable bonds is 3. The fourth-order valence-electron chi connectivity index (χ4n) is 4.31. The lowest BCUT2D eigenvalue weighted by Gasteiger charge is -2.30. The first kappa shape index (κ1) is 18.7. The zero-order chi connectivity index (χ0) is 16.7. The smallest absolute Gasteiger partial charge is 0.239 e. The Morgan fingerprint density at radius 3 is 2.52 bits per heavy atom. The Labute approximate surface area is 162 Å². The van der Waals surface area contributed by atoms with Gasteiger partial charge < -0.3 is 15.5 Å². The fourth-order valence-corrected chi connectivity index (χ4v) is 4.81. The Morgan fingerprint density at radius 1 is 1.16 bits per heavy atom. The number of hydrogen-bond donors (Lipinski definition) is 2. The molecule has 0 aromatic heterocycles. The van der Waals surface area contributed by atoms with Gasteiger partial charge >= 0.3 is 0 Å². The van der Waals surface area contributed by atoms with Crippen LogP contribution in [0.1, 0.15) is 32.1 Å². The second-order valence-electron chi connectivity index (χ2n) is 7.10. The molecule has 136 valence electrons. The van der Waals surface area contributed by atoms with Crippen LogP contribution >= 0.6 is 28.3 Å². The number of nitrogens with zero attached hydrogens (tertiary/aromatic N) is 1. The van der Waals surface area contributed by atoms with Crippen molar-refractivity contribution in [1.82, 2.24) is 10.6 Å². The summed E-state index contributed by atoms with van der Waals surface area (Å²) in [6.45, 7) is 0.594. The van der Waals surface area contributed by atoms with Crippen molar-refractivity contribution >= 4 is 45.8 Å². The first-order chi connectivity index (χ1) is 11.6. The highest BCUT2D eigenvalue weighted by Gasteiger charge is 2.40.